The van der Waals surface area contributed by atoms with E-state index in [1.807, 2.05) is 0 Å². The summed E-state index contributed by atoms with van der Waals surface area (Å²) in [6.07, 6.45) is 8.21. The number of nitrogens with one attached hydrogen (secondary N) is 1. The van der Waals surface area contributed by atoms with Crippen molar-refractivity contribution in [2.24, 2.45) is 5.92 Å². The molecule has 0 aliphatic heterocycles. The SMILES string of the molecule is CCCNC(c1cccc(N(C)C)c1)C1CCCCC1. The number of hydrogen-bond acceptors (Lipinski definition) is 2. The average molecular weight is 274 g/mol. The van der Waals surface area contributed by atoms with E-state index in [1.165, 1.54) is 49.8 Å². The van der Waals surface area contributed by atoms with Gasteiger partial charge in [0.2, 0.25) is 0 Å². The van der Waals surface area contributed by atoms with E-state index in [4.69, 9.17) is 0 Å². The molecule has 1 saturated carbocycles. The minimum absolute atomic E-state index is 0.537. The lowest BCUT2D eigenvalue weighted by molar-refractivity contribution is 0.272. The lowest BCUT2D eigenvalue weighted by Gasteiger charge is -2.32. The number of benzene rings is 1. The Bertz CT molecular complexity index is 394. The molecule has 1 aliphatic carbocycles. The second-order valence-electron chi connectivity index (χ2n) is 6.32. The minimum Gasteiger partial charge on any atom is -0.378 e. The molecule has 0 amide bonds. The molecule has 2 nitrogen and oxygen atoms in total. The van der Waals surface area contributed by atoms with Crippen LogP contribution < -0.4 is 10.2 Å². The zero-order chi connectivity index (χ0) is 14.4. The predicted molar refractivity (Wildman–Crippen MR) is 88.4 cm³/mol. The van der Waals surface area contributed by atoms with Crippen LogP contribution in [0, 0.1) is 5.92 Å². The molecule has 0 radical (unpaired) electrons. The second-order valence-corrected chi connectivity index (χ2v) is 6.32. The molecule has 1 aromatic carbocycles. The van der Waals surface area contributed by atoms with Gasteiger partial charge in [0, 0.05) is 25.8 Å². The molecule has 2 rings (SSSR count). The average Bonchev–Trinajstić information content (AvgIpc) is 2.49. The largest absolute Gasteiger partial charge is 0.378 e. The van der Waals surface area contributed by atoms with Crippen LogP contribution in [-0.2, 0) is 0 Å². The molecule has 0 heterocycles. The highest BCUT2D eigenvalue weighted by Crippen LogP contribution is 2.35. The molecule has 0 bridgehead atoms. The summed E-state index contributed by atoms with van der Waals surface area (Å²) in [6.45, 7) is 3.37. The van der Waals surface area contributed by atoms with Crippen LogP contribution in [0.15, 0.2) is 24.3 Å². The fourth-order valence-electron chi connectivity index (χ4n) is 3.32. The van der Waals surface area contributed by atoms with Gasteiger partial charge in [0.05, 0.1) is 0 Å². The Morgan fingerprint density at radius 1 is 1.20 bits per heavy atom. The summed E-state index contributed by atoms with van der Waals surface area (Å²) in [5, 5.41) is 3.80. The van der Waals surface area contributed by atoms with Crippen molar-refractivity contribution in [1.82, 2.24) is 5.32 Å². The Balaban J connectivity index is 2.18. The van der Waals surface area contributed by atoms with Crippen molar-refractivity contribution in [3.63, 3.8) is 0 Å². The van der Waals surface area contributed by atoms with Gasteiger partial charge in [-0.05, 0) is 49.4 Å². The van der Waals surface area contributed by atoms with Crippen LogP contribution in [0.3, 0.4) is 0 Å². The standard InChI is InChI=1S/C18H30N2/c1-4-13-19-18(15-9-6-5-7-10-15)16-11-8-12-17(14-16)20(2)3/h8,11-12,14-15,18-19H,4-7,9-10,13H2,1-3H3. The fraction of sp³-hybridized carbons (Fsp3) is 0.667. The molecule has 20 heavy (non-hydrogen) atoms. The summed E-state index contributed by atoms with van der Waals surface area (Å²) in [6, 6.07) is 9.60. The van der Waals surface area contributed by atoms with Gasteiger partial charge >= 0.3 is 0 Å². The van der Waals surface area contributed by atoms with Crippen molar-refractivity contribution < 1.29 is 0 Å². The quantitative estimate of drug-likeness (QED) is 0.828. The molecular formula is C18H30N2. The Kier molecular flexibility index (Phi) is 5.90. The van der Waals surface area contributed by atoms with Crippen molar-refractivity contribution in [1.29, 1.82) is 0 Å². The zero-order valence-electron chi connectivity index (χ0n) is 13.4. The number of hydrogen-bond donors (Lipinski definition) is 1. The second kappa shape index (κ2) is 7.68. The first-order valence-electron chi connectivity index (χ1n) is 8.23. The smallest absolute Gasteiger partial charge is 0.0364 e. The molecule has 1 fully saturated rings. The van der Waals surface area contributed by atoms with Crippen LogP contribution in [-0.4, -0.2) is 20.6 Å². The molecule has 0 aromatic heterocycles. The molecule has 2 heteroatoms. The topological polar surface area (TPSA) is 15.3 Å². The van der Waals surface area contributed by atoms with Crippen LogP contribution in [0.2, 0.25) is 0 Å². The zero-order valence-corrected chi connectivity index (χ0v) is 13.4. The van der Waals surface area contributed by atoms with Gasteiger partial charge in [0.1, 0.15) is 0 Å². The number of anilines is 1. The van der Waals surface area contributed by atoms with Crippen LogP contribution in [0.4, 0.5) is 5.69 Å². The van der Waals surface area contributed by atoms with E-state index in [9.17, 15) is 0 Å². The van der Waals surface area contributed by atoms with Gasteiger partial charge in [-0.15, -0.1) is 0 Å². The first-order valence-corrected chi connectivity index (χ1v) is 8.23. The normalized spacial score (nSPS) is 17.9. The molecule has 0 spiro atoms. The summed E-state index contributed by atoms with van der Waals surface area (Å²) in [4.78, 5) is 2.20. The first-order chi connectivity index (χ1) is 9.72. The Morgan fingerprint density at radius 2 is 1.95 bits per heavy atom. The van der Waals surface area contributed by atoms with Crippen molar-refractivity contribution >= 4 is 5.69 Å². The van der Waals surface area contributed by atoms with E-state index in [-0.39, 0.29) is 0 Å². The van der Waals surface area contributed by atoms with E-state index >= 15 is 0 Å². The summed E-state index contributed by atoms with van der Waals surface area (Å²) < 4.78 is 0. The molecule has 1 aromatic rings. The lowest BCUT2D eigenvalue weighted by atomic mass is 9.81. The molecule has 1 atom stereocenters. The molecule has 0 saturated heterocycles. The Morgan fingerprint density at radius 3 is 2.60 bits per heavy atom. The van der Waals surface area contributed by atoms with Crippen molar-refractivity contribution in [2.75, 3.05) is 25.5 Å². The molecule has 112 valence electrons. The molecular weight excluding hydrogens is 244 g/mol. The van der Waals surface area contributed by atoms with Gasteiger partial charge in [0.25, 0.3) is 0 Å². The fourth-order valence-corrected chi connectivity index (χ4v) is 3.32. The van der Waals surface area contributed by atoms with Gasteiger partial charge in [0.15, 0.2) is 0 Å². The number of nitrogens with zero attached hydrogens (tertiary/aromatic N) is 1. The van der Waals surface area contributed by atoms with E-state index in [0.29, 0.717) is 6.04 Å². The third kappa shape index (κ3) is 3.99. The maximum Gasteiger partial charge on any atom is 0.0364 e. The van der Waals surface area contributed by atoms with Gasteiger partial charge in [-0.2, -0.15) is 0 Å². The lowest BCUT2D eigenvalue weighted by Crippen LogP contribution is -2.30. The van der Waals surface area contributed by atoms with E-state index in [0.717, 1.165) is 12.5 Å². The molecule has 1 aliphatic rings. The van der Waals surface area contributed by atoms with Gasteiger partial charge in [-0.1, -0.05) is 38.3 Å². The van der Waals surface area contributed by atoms with E-state index in [1.54, 1.807) is 0 Å². The van der Waals surface area contributed by atoms with Crippen molar-refractivity contribution in [3.8, 4) is 0 Å². The van der Waals surface area contributed by atoms with Crippen LogP contribution in [0.5, 0.6) is 0 Å². The molecule has 1 unspecified atom stereocenters. The van der Waals surface area contributed by atoms with Crippen LogP contribution >= 0.6 is 0 Å². The van der Waals surface area contributed by atoms with Crippen molar-refractivity contribution in [3.05, 3.63) is 29.8 Å². The Hall–Kier alpha value is -1.02. The predicted octanol–water partition coefficient (Wildman–Crippen LogP) is 4.37. The van der Waals surface area contributed by atoms with Gasteiger partial charge < -0.3 is 10.2 Å². The summed E-state index contributed by atoms with van der Waals surface area (Å²) in [7, 11) is 4.24. The van der Waals surface area contributed by atoms with Gasteiger partial charge in [-0.3, -0.25) is 0 Å². The maximum absolute atomic E-state index is 3.80. The summed E-state index contributed by atoms with van der Waals surface area (Å²) in [5.41, 5.74) is 2.78. The number of rotatable bonds is 6. The summed E-state index contributed by atoms with van der Waals surface area (Å²) >= 11 is 0. The molecule has 1 N–H and O–H groups in total. The highest BCUT2D eigenvalue weighted by molar-refractivity contribution is 5.48. The van der Waals surface area contributed by atoms with Crippen LogP contribution in [0.25, 0.3) is 0 Å². The summed E-state index contributed by atoms with van der Waals surface area (Å²) in [5.74, 6) is 0.813. The van der Waals surface area contributed by atoms with E-state index < -0.39 is 0 Å². The Labute approximate surface area is 124 Å². The third-order valence-electron chi connectivity index (χ3n) is 4.48. The first kappa shape index (κ1) is 15.4. The highest BCUT2D eigenvalue weighted by atomic mass is 15.1. The highest BCUT2D eigenvalue weighted by Gasteiger charge is 2.24. The monoisotopic (exact) mass is 274 g/mol. The maximum atomic E-state index is 3.80. The van der Waals surface area contributed by atoms with Crippen LogP contribution in [0.1, 0.15) is 57.1 Å². The van der Waals surface area contributed by atoms with E-state index in [2.05, 4.69) is 55.5 Å². The van der Waals surface area contributed by atoms with Crippen molar-refractivity contribution in [2.45, 2.75) is 51.5 Å². The minimum atomic E-state index is 0.537. The third-order valence-corrected chi connectivity index (χ3v) is 4.48. The van der Waals surface area contributed by atoms with Gasteiger partial charge in [-0.25, -0.2) is 0 Å².